The van der Waals surface area contributed by atoms with Crippen LogP contribution in [0.25, 0.3) is 0 Å². The van der Waals surface area contributed by atoms with E-state index in [1.807, 2.05) is 38.2 Å². The van der Waals surface area contributed by atoms with Crippen LogP contribution in [0.4, 0.5) is 0 Å². The zero-order valence-electron chi connectivity index (χ0n) is 12.2. The summed E-state index contributed by atoms with van der Waals surface area (Å²) in [4.78, 5) is 0. The van der Waals surface area contributed by atoms with Crippen LogP contribution in [0.2, 0.25) is 5.02 Å². The average Bonchev–Trinajstić information content (AvgIpc) is 2.40. The number of halogens is 1. The smallest absolute Gasteiger partial charge is 0.124 e. The average molecular weight is 290 g/mol. The third-order valence-corrected chi connectivity index (χ3v) is 3.53. The van der Waals surface area contributed by atoms with Crippen molar-refractivity contribution in [2.24, 2.45) is 0 Å². The maximum atomic E-state index is 6.23. The second kappa shape index (κ2) is 6.78. The second-order valence-corrected chi connectivity index (χ2v) is 5.43. The molecule has 0 aromatic heterocycles. The molecule has 106 valence electrons. The fourth-order valence-electron chi connectivity index (χ4n) is 2.10. The zero-order valence-corrected chi connectivity index (χ0v) is 12.9. The number of benzene rings is 2. The third kappa shape index (κ3) is 3.75. The van der Waals surface area contributed by atoms with Crippen molar-refractivity contribution in [1.82, 2.24) is 5.32 Å². The Labute approximate surface area is 125 Å². The Balaban J connectivity index is 2.14. The molecule has 3 heteroatoms. The van der Waals surface area contributed by atoms with Gasteiger partial charge < -0.3 is 10.1 Å². The first-order chi connectivity index (χ1) is 9.60. The quantitative estimate of drug-likeness (QED) is 0.888. The summed E-state index contributed by atoms with van der Waals surface area (Å²) in [5, 5.41) is 3.92. The third-order valence-electron chi connectivity index (χ3n) is 3.17. The van der Waals surface area contributed by atoms with E-state index in [4.69, 9.17) is 16.3 Å². The van der Waals surface area contributed by atoms with E-state index in [0.29, 0.717) is 6.61 Å². The van der Waals surface area contributed by atoms with E-state index in [1.165, 1.54) is 5.56 Å². The van der Waals surface area contributed by atoms with Crippen LogP contribution < -0.4 is 10.1 Å². The summed E-state index contributed by atoms with van der Waals surface area (Å²) in [5.41, 5.74) is 4.56. The lowest BCUT2D eigenvalue weighted by Crippen LogP contribution is -2.08. The lowest BCUT2D eigenvalue weighted by molar-refractivity contribution is 0.302. The fourth-order valence-corrected chi connectivity index (χ4v) is 2.39. The summed E-state index contributed by atoms with van der Waals surface area (Å²) >= 11 is 6.23. The van der Waals surface area contributed by atoms with E-state index in [0.717, 1.165) is 34.0 Å². The van der Waals surface area contributed by atoms with Crippen molar-refractivity contribution in [2.75, 3.05) is 7.05 Å². The molecule has 0 spiro atoms. The van der Waals surface area contributed by atoms with E-state index in [2.05, 4.69) is 24.4 Å². The molecule has 2 aromatic carbocycles. The fraction of sp³-hybridized carbons (Fsp3) is 0.294. The Morgan fingerprint density at radius 2 is 1.70 bits per heavy atom. The van der Waals surface area contributed by atoms with E-state index >= 15 is 0 Å². The van der Waals surface area contributed by atoms with Gasteiger partial charge in [-0.2, -0.15) is 0 Å². The van der Waals surface area contributed by atoms with Crippen molar-refractivity contribution in [2.45, 2.75) is 27.0 Å². The predicted molar refractivity (Wildman–Crippen MR) is 84.5 cm³/mol. The maximum absolute atomic E-state index is 6.23. The van der Waals surface area contributed by atoms with E-state index in [1.54, 1.807) is 0 Å². The number of ether oxygens (including phenoxy) is 1. The predicted octanol–water partition coefficient (Wildman–Crippen LogP) is 4.26. The van der Waals surface area contributed by atoms with Crippen LogP contribution in [0.15, 0.2) is 36.4 Å². The van der Waals surface area contributed by atoms with E-state index in [9.17, 15) is 0 Å². The minimum Gasteiger partial charge on any atom is -0.489 e. The minimum atomic E-state index is 0.485. The molecule has 0 fully saturated rings. The molecule has 0 heterocycles. The SMILES string of the molecule is CNCc1cc(C)ccc1OCc1ccc(C)cc1Cl. The van der Waals surface area contributed by atoms with Crippen LogP contribution in [0.3, 0.4) is 0 Å². The molecule has 0 saturated carbocycles. The van der Waals surface area contributed by atoms with Crippen LogP contribution >= 0.6 is 11.6 Å². The minimum absolute atomic E-state index is 0.485. The van der Waals surface area contributed by atoms with Gasteiger partial charge in [0.15, 0.2) is 0 Å². The largest absolute Gasteiger partial charge is 0.489 e. The van der Waals surface area contributed by atoms with Gasteiger partial charge in [-0.15, -0.1) is 0 Å². The number of rotatable bonds is 5. The number of nitrogens with one attached hydrogen (secondary N) is 1. The lowest BCUT2D eigenvalue weighted by atomic mass is 10.1. The molecule has 0 unspecified atom stereocenters. The maximum Gasteiger partial charge on any atom is 0.124 e. The van der Waals surface area contributed by atoms with Crippen LogP contribution in [0.1, 0.15) is 22.3 Å². The van der Waals surface area contributed by atoms with Gasteiger partial charge in [0.05, 0.1) is 0 Å². The Bertz CT molecular complexity index is 596. The van der Waals surface area contributed by atoms with Crippen LogP contribution in [0.5, 0.6) is 5.75 Å². The van der Waals surface area contributed by atoms with Crippen LogP contribution in [-0.4, -0.2) is 7.05 Å². The van der Waals surface area contributed by atoms with Crippen molar-refractivity contribution in [3.05, 3.63) is 63.7 Å². The zero-order chi connectivity index (χ0) is 14.5. The van der Waals surface area contributed by atoms with Crippen molar-refractivity contribution in [3.63, 3.8) is 0 Å². The van der Waals surface area contributed by atoms with Crippen molar-refractivity contribution in [3.8, 4) is 5.75 Å². The molecule has 0 aliphatic heterocycles. The highest BCUT2D eigenvalue weighted by atomic mass is 35.5. The van der Waals surface area contributed by atoms with Gasteiger partial charge in [-0.05, 0) is 38.6 Å². The van der Waals surface area contributed by atoms with Gasteiger partial charge in [-0.25, -0.2) is 0 Å². The van der Waals surface area contributed by atoms with Crippen LogP contribution in [0, 0.1) is 13.8 Å². The molecule has 2 aromatic rings. The molecule has 0 aliphatic rings. The number of hydrogen-bond donors (Lipinski definition) is 1. The normalized spacial score (nSPS) is 10.6. The molecule has 0 atom stereocenters. The Kier molecular flexibility index (Phi) is 5.05. The summed E-state index contributed by atoms with van der Waals surface area (Å²) in [6, 6.07) is 12.2. The Hall–Kier alpha value is -1.51. The molecule has 0 saturated heterocycles. The van der Waals surface area contributed by atoms with Crippen molar-refractivity contribution in [1.29, 1.82) is 0 Å². The number of hydrogen-bond acceptors (Lipinski definition) is 2. The van der Waals surface area contributed by atoms with E-state index in [-0.39, 0.29) is 0 Å². The molecule has 0 amide bonds. The molecular weight excluding hydrogens is 270 g/mol. The van der Waals surface area contributed by atoms with Crippen molar-refractivity contribution < 1.29 is 4.74 Å². The second-order valence-electron chi connectivity index (χ2n) is 5.03. The molecule has 0 bridgehead atoms. The molecule has 2 nitrogen and oxygen atoms in total. The van der Waals surface area contributed by atoms with Gasteiger partial charge in [0, 0.05) is 22.7 Å². The summed E-state index contributed by atoms with van der Waals surface area (Å²) in [6.45, 7) is 5.39. The topological polar surface area (TPSA) is 21.3 Å². The molecule has 20 heavy (non-hydrogen) atoms. The summed E-state index contributed by atoms with van der Waals surface area (Å²) in [5.74, 6) is 0.904. The highest BCUT2D eigenvalue weighted by molar-refractivity contribution is 6.31. The molecule has 1 N–H and O–H groups in total. The highest BCUT2D eigenvalue weighted by Gasteiger charge is 2.06. The van der Waals surface area contributed by atoms with Gasteiger partial charge in [0.25, 0.3) is 0 Å². The molecule has 0 aliphatic carbocycles. The van der Waals surface area contributed by atoms with Crippen LogP contribution in [-0.2, 0) is 13.2 Å². The first-order valence-electron chi connectivity index (χ1n) is 6.72. The molecular formula is C17H20ClNO. The van der Waals surface area contributed by atoms with Gasteiger partial charge >= 0.3 is 0 Å². The first kappa shape index (κ1) is 14.9. The first-order valence-corrected chi connectivity index (χ1v) is 7.10. The Morgan fingerprint density at radius 3 is 2.40 bits per heavy atom. The van der Waals surface area contributed by atoms with Gasteiger partial charge in [-0.1, -0.05) is 41.4 Å². The lowest BCUT2D eigenvalue weighted by Gasteiger charge is -2.13. The molecule has 0 radical (unpaired) electrons. The monoisotopic (exact) mass is 289 g/mol. The highest BCUT2D eigenvalue weighted by Crippen LogP contribution is 2.23. The summed E-state index contributed by atoms with van der Waals surface area (Å²) < 4.78 is 5.93. The summed E-state index contributed by atoms with van der Waals surface area (Å²) in [7, 11) is 1.93. The van der Waals surface area contributed by atoms with Gasteiger partial charge in [0.1, 0.15) is 12.4 Å². The standard InChI is InChI=1S/C17H20ClNO/c1-12-5-7-17(15(8-12)10-19-3)20-11-14-6-4-13(2)9-16(14)18/h4-9,19H,10-11H2,1-3H3. The van der Waals surface area contributed by atoms with Gasteiger partial charge in [-0.3, -0.25) is 0 Å². The Morgan fingerprint density at radius 1 is 1.00 bits per heavy atom. The van der Waals surface area contributed by atoms with Crippen molar-refractivity contribution >= 4 is 11.6 Å². The van der Waals surface area contributed by atoms with E-state index < -0.39 is 0 Å². The summed E-state index contributed by atoms with van der Waals surface area (Å²) in [6.07, 6.45) is 0. The van der Waals surface area contributed by atoms with Gasteiger partial charge in [0.2, 0.25) is 0 Å². The molecule has 2 rings (SSSR count). The number of aryl methyl sites for hydroxylation is 2.